The van der Waals surface area contributed by atoms with Gasteiger partial charge in [0.15, 0.2) is 0 Å². The normalized spacial score (nSPS) is 24.9. The summed E-state index contributed by atoms with van der Waals surface area (Å²) in [6.07, 6.45) is 0.399. The molecule has 0 saturated heterocycles. The van der Waals surface area contributed by atoms with E-state index < -0.39 is 5.60 Å². The molecule has 0 amide bonds. The number of nitrogens with zero attached hydrogens (tertiary/aromatic N) is 1. The number of rotatable bonds is 2. The SMILES string of the molecule is N#CC1=C(N)[C@@](O)(c2ccccc2)C[C@@H]1c1ccccc1. The van der Waals surface area contributed by atoms with Crippen molar-refractivity contribution in [1.29, 1.82) is 5.26 Å². The Morgan fingerprint density at radius 3 is 2.19 bits per heavy atom. The molecular formula is C18H16N2O. The first-order chi connectivity index (χ1) is 10.2. The van der Waals surface area contributed by atoms with Gasteiger partial charge in [-0.3, -0.25) is 0 Å². The van der Waals surface area contributed by atoms with E-state index in [9.17, 15) is 10.4 Å². The molecule has 2 atom stereocenters. The van der Waals surface area contributed by atoms with Gasteiger partial charge in [-0.15, -0.1) is 0 Å². The molecule has 1 aliphatic rings. The van der Waals surface area contributed by atoms with E-state index in [0.29, 0.717) is 12.0 Å². The molecule has 0 saturated carbocycles. The molecule has 0 aromatic heterocycles. The second-order valence-corrected chi connectivity index (χ2v) is 5.33. The van der Waals surface area contributed by atoms with Gasteiger partial charge in [-0.05, 0) is 17.5 Å². The van der Waals surface area contributed by atoms with Crippen molar-refractivity contribution in [2.45, 2.75) is 17.9 Å². The van der Waals surface area contributed by atoms with Crippen LogP contribution in [-0.4, -0.2) is 5.11 Å². The molecule has 3 N–H and O–H groups in total. The standard InChI is InChI=1S/C18H16N2O/c19-12-16-15(13-7-3-1-4-8-13)11-18(21,17(16)20)14-9-5-2-6-10-14/h1-10,15,21H,11,20H2/t15-,18+/m1/s1. The summed E-state index contributed by atoms with van der Waals surface area (Å²) in [5.74, 6) is -0.165. The number of allylic oxidation sites excluding steroid dienone is 1. The largest absolute Gasteiger partial charge is 0.399 e. The molecule has 2 aromatic rings. The first kappa shape index (κ1) is 13.4. The van der Waals surface area contributed by atoms with Crippen molar-refractivity contribution in [1.82, 2.24) is 0 Å². The van der Waals surface area contributed by atoms with E-state index in [0.717, 1.165) is 11.1 Å². The lowest BCUT2D eigenvalue weighted by molar-refractivity contribution is 0.0724. The van der Waals surface area contributed by atoms with Crippen molar-refractivity contribution in [3.63, 3.8) is 0 Å². The van der Waals surface area contributed by atoms with Crippen LogP contribution in [0, 0.1) is 11.3 Å². The summed E-state index contributed by atoms with van der Waals surface area (Å²) < 4.78 is 0. The van der Waals surface area contributed by atoms with Gasteiger partial charge in [0.05, 0.1) is 17.3 Å². The Kier molecular flexibility index (Phi) is 3.25. The van der Waals surface area contributed by atoms with E-state index in [4.69, 9.17) is 5.73 Å². The summed E-state index contributed by atoms with van der Waals surface area (Å²) in [5.41, 5.74) is 7.33. The summed E-state index contributed by atoms with van der Waals surface area (Å²) >= 11 is 0. The molecule has 0 radical (unpaired) electrons. The number of hydrogen-bond acceptors (Lipinski definition) is 3. The molecule has 21 heavy (non-hydrogen) atoms. The van der Waals surface area contributed by atoms with Crippen molar-refractivity contribution < 1.29 is 5.11 Å². The first-order valence-corrected chi connectivity index (χ1v) is 6.90. The Balaban J connectivity index is 2.09. The molecule has 1 aliphatic carbocycles. The molecule has 104 valence electrons. The van der Waals surface area contributed by atoms with Crippen LogP contribution in [0.4, 0.5) is 0 Å². The third kappa shape index (κ3) is 2.10. The van der Waals surface area contributed by atoms with Crippen molar-refractivity contribution in [3.05, 3.63) is 83.1 Å². The van der Waals surface area contributed by atoms with Crippen molar-refractivity contribution in [2.24, 2.45) is 5.73 Å². The number of nitriles is 1. The molecule has 3 heteroatoms. The third-order valence-electron chi connectivity index (χ3n) is 4.16. The highest BCUT2D eigenvalue weighted by Crippen LogP contribution is 2.48. The zero-order valence-electron chi connectivity index (χ0n) is 11.5. The minimum Gasteiger partial charge on any atom is -0.399 e. The maximum Gasteiger partial charge on any atom is 0.131 e. The van der Waals surface area contributed by atoms with Gasteiger partial charge in [-0.2, -0.15) is 5.26 Å². The van der Waals surface area contributed by atoms with Crippen molar-refractivity contribution in [2.75, 3.05) is 0 Å². The summed E-state index contributed by atoms with van der Waals surface area (Å²) in [6, 6.07) is 21.2. The lowest BCUT2D eigenvalue weighted by Gasteiger charge is -2.25. The molecule has 3 nitrogen and oxygen atoms in total. The van der Waals surface area contributed by atoms with E-state index in [-0.39, 0.29) is 11.6 Å². The predicted molar refractivity (Wildman–Crippen MR) is 81.0 cm³/mol. The van der Waals surface area contributed by atoms with Gasteiger partial charge in [0, 0.05) is 5.92 Å². The fourth-order valence-electron chi connectivity index (χ4n) is 3.01. The van der Waals surface area contributed by atoms with Gasteiger partial charge in [0.2, 0.25) is 0 Å². The molecule has 0 fully saturated rings. The Bertz CT molecular complexity index is 716. The van der Waals surface area contributed by atoms with Gasteiger partial charge in [-0.25, -0.2) is 0 Å². The monoisotopic (exact) mass is 276 g/mol. The van der Waals surface area contributed by atoms with Crippen LogP contribution in [0.1, 0.15) is 23.5 Å². The van der Waals surface area contributed by atoms with Crippen LogP contribution < -0.4 is 5.73 Å². The van der Waals surface area contributed by atoms with Gasteiger partial charge < -0.3 is 10.8 Å². The molecule has 0 aliphatic heterocycles. The summed E-state index contributed by atoms with van der Waals surface area (Å²) in [5, 5.41) is 20.5. The fraction of sp³-hybridized carbons (Fsp3) is 0.167. The predicted octanol–water partition coefficient (Wildman–Crippen LogP) is 2.80. The molecule has 0 heterocycles. The highest BCUT2D eigenvalue weighted by atomic mass is 16.3. The zero-order chi connectivity index (χ0) is 14.9. The third-order valence-corrected chi connectivity index (χ3v) is 4.16. The lowest BCUT2D eigenvalue weighted by atomic mass is 9.86. The Hall–Kier alpha value is -2.57. The van der Waals surface area contributed by atoms with Crippen LogP contribution in [0.2, 0.25) is 0 Å². The van der Waals surface area contributed by atoms with E-state index >= 15 is 0 Å². The van der Waals surface area contributed by atoms with Crippen LogP contribution in [0.15, 0.2) is 71.9 Å². The van der Waals surface area contributed by atoms with Crippen LogP contribution in [0.3, 0.4) is 0 Å². The van der Waals surface area contributed by atoms with Crippen LogP contribution in [0.25, 0.3) is 0 Å². The maximum absolute atomic E-state index is 11.0. The zero-order valence-corrected chi connectivity index (χ0v) is 11.5. The minimum absolute atomic E-state index is 0.165. The molecule has 0 spiro atoms. The molecule has 3 rings (SSSR count). The molecule has 0 unspecified atom stereocenters. The van der Waals surface area contributed by atoms with E-state index in [1.165, 1.54) is 0 Å². The van der Waals surface area contributed by atoms with Crippen LogP contribution >= 0.6 is 0 Å². The first-order valence-electron chi connectivity index (χ1n) is 6.90. The van der Waals surface area contributed by atoms with Crippen molar-refractivity contribution in [3.8, 4) is 6.07 Å². The Labute approximate surface area is 124 Å². The summed E-state index contributed by atoms with van der Waals surface area (Å²) in [4.78, 5) is 0. The molecular weight excluding hydrogens is 260 g/mol. The van der Waals surface area contributed by atoms with Crippen LogP contribution in [0.5, 0.6) is 0 Å². The highest BCUT2D eigenvalue weighted by Gasteiger charge is 2.45. The average molecular weight is 276 g/mol. The maximum atomic E-state index is 11.0. The molecule has 0 bridgehead atoms. The smallest absolute Gasteiger partial charge is 0.131 e. The number of hydrogen-bond donors (Lipinski definition) is 2. The summed E-state index contributed by atoms with van der Waals surface area (Å²) in [6.45, 7) is 0. The van der Waals surface area contributed by atoms with Crippen molar-refractivity contribution >= 4 is 0 Å². The van der Waals surface area contributed by atoms with E-state index in [1.807, 2.05) is 60.7 Å². The Morgan fingerprint density at radius 2 is 1.62 bits per heavy atom. The second-order valence-electron chi connectivity index (χ2n) is 5.33. The number of benzene rings is 2. The van der Waals surface area contributed by atoms with Gasteiger partial charge >= 0.3 is 0 Å². The number of aliphatic hydroxyl groups is 1. The second kappa shape index (κ2) is 5.08. The fourth-order valence-corrected chi connectivity index (χ4v) is 3.01. The quantitative estimate of drug-likeness (QED) is 0.886. The number of nitrogens with two attached hydrogens (primary N) is 1. The van der Waals surface area contributed by atoms with Gasteiger partial charge in [0.1, 0.15) is 5.60 Å². The highest BCUT2D eigenvalue weighted by molar-refractivity contribution is 5.50. The van der Waals surface area contributed by atoms with E-state index in [2.05, 4.69) is 6.07 Å². The van der Waals surface area contributed by atoms with Gasteiger partial charge in [0.25, 0.3) is 0 Å². The summed E-state index contributed by atoms with van der Waals surface area (Å²) in [7, 11) is 0. The lowest BCUT2D eigenvalue weighted by Crippen LogP contribution is -2.29. The molecule has 2 aromatic carbocycles. The minimum atomic E-state index is -1.27. The van der Waals surface area contributed by atoms with E-state index in [1.54, 1.807) is 0 Å². The Morgan fingerprint density at radius 1 is 1.05 bits per heavy atom. The average Bonchev–Trinajstić information content (AvgIpc) is 2.82. The topological polar surface area (TPSA) is 70.0 Å². The van der Waals surface area contributed by atoms with Gasteiger partial charge in [-0.1, -0.05) is 60.7 Å². The van der Waals surface area contributed by atoms with Crippen LogP contribution in [-0.2, 0) is 5.60 Å².